The molecule has 0 unspecified atom stereocenters. The number of nitrogens with two attached hydrogens (primary N) is 1. The van der Waals surface area contributed by atoms with Crippen molar-refractivity contribution in [1.29, 1.82) is 0 Å². The Morgan fingerprint density at radius 1 is 1.29 bits per heavy atom. The van der Waals surface area contributed by atoms with Gasteiger partial charge in [-0.15, -0.1) is 0 Å². The van der Waals surface area contributed by atoms with E-state index in [1.165, 1.54) is 18.2 Å². The Bertz CT molecular complexity index is 755. The van der Waals surface area contributed by atoms with E-state index < -0.39 is 25.4 Å². The van der Waals surface area contributed by atoms with Gasteiger partial charge in [0.05, 0.1) is 9.79 Å². The number of nitrogens with one attached hydrogen (secondary N) is 1. The van der Waals surface area contributed by atoms with Gasteiger partial charge in [0.25, 0.3) is 0 Å². The molecular formula is C12H17BrN2O4S2. The minimum absolute atomic E-state index is 0.00202. The quantitative estimate of drug-likeness (QED) is 0.772. The van der Waals surface area contributed by atoms with E-state index >= 15 is 0 Å². The molecule has 1 aromatic carbocycles. The molecule has 0 bridgehead atoms. The van der Waals surface area contributed by atoms with Gasteiger partial charge in [-0.1, -0.05) is 0 Å². The summed E-state index contributed by atoms with van der Waals surface area (Å²) in [5.41, 5.74) is 5.52. The largest absolute Gasteiger partial charge is 0.324 e. The maximum Gasteiger partial charge on any atom is 0.241 e. The Hall–Kier alpha value is -0.480. The zero-order valence-electron chi connectivity index (χ0n) is 11.5. The van der Waals surface area contributed by atoms with Crippen LogP contribution in [0.3, 0.4) is 0 Å². The highest BCUT2D eigenvalue weighted by atomic mass is 79.9. The van der Waals surface area contributed by atoms with Crippen LogP contribution in [0, 0.1) is 0 Å². The van der Waals surface area contributed by atoms with Crippen LogP contribution in [0.15, 0.2) is 32.5 Å². The maximum atomic E-state index is 12.3. The third kappa shape index (κ3) is 3.84. The molecule has 3 N–H and O–H groups in total. The first kappa shape index (κ1) is 16.9. The van der Waals surface area contributed by atoms with Crippen LogP contribution in [-0.2, 0) is 19.9 Å². The first-order chi connectivity index (χ1) is 9.54. The second-order valence-electron chi connectivity index (χ2n) is 5.40. The van der Waals surface area contributed by atoms with E-state index in [-0.39, 0.29) is 20.8 Å². The van der Waals surface area contributed by atoms with Crippen molar-refractivity contribution in [1.82, 2.24) is 4.72 Å². The van der Waals surface area contributed by atoms with Crippen LogP contribution in [0.4, 0.5) is 0 Å². The highest BCUT2D eigenvalue weighted by molar-refractivity contribution is 9.10. The van der Waals surface area contributed by atoms with E-state index in [1.807, 2.05) is 0 Å². The molecule has 0 amide bonds. The van der Waals surface area contributed by atoms with Gasteiger partial charge in [-0.05, 0) is 53.4 Å². The molecule has 0 radical (unpaired) electrons. The molecule has 0 heterocycles. The summed E-state index contributed by atoms with van der Waals surface area (Å²) >= 11 is 3.11. The molecule has 1 saturated carbocycles. The minimum atomic E-state index is -3.73. The number of sulfonamides is 1. The van der Waals surface area contributed by atoms with Crippen LogP contribution >= 0.6 is 15.9 Å². The van der Waals surface area contributed by atoms with Crippen molar-refractivity contribution >= 4 is 35.8 Å². The van der Waals surface area contributed by atoms with Crippen molar-refractivity contribution in [3.63, 3.8) is 0 Å². The number of benzene rings is 1. The van der Waals surface area contributed by atoms with Crippen molar-refractivity contribution in [3.8, 4) is 0 Å². The fourth-order valence-electron chi connectivity index (χ4n) is 2.05. The van der Waals surface area contributed by atoms with Gasteiger partial charge in [-0.2, -0.15) is 0 Å². The predicted octanol–water partition coefficient (Wildman–Crippen LogP) is 1.01. The van der Waals surface area contributed by atoms with Crippen molar-refractivity contribution in [2.24, 2.45) is 5.73 Å². The molecule has 0 spiro atoms. The lowest BCUT2D eigenvalue weighted by molar-refractivity contribution is 0.251. The molecule has 6 nitrogen and oxygen atoms in total. The number of hydrogen-bond donors (Lipinski definition) is 2. The molecule has 21 heavy (non-hydrogen) atoms. The van der Waals surface area contributed by atoms with Crippen molar-refractivity contribution in [2.75, 3.05) is 12.8 Å². The van der Waals surface area contributed by atoms with E-state index in [9.17, 15) is 16.8 Å². The van der Waals surface area contributed by atoms with E-state index in [0.29, 0.717) is 0 Å². The van der Waals surface area contributed by atoms with Crippen LogP contribution < -0.4 is 10.5 Å². The molecular weight excluding hydrogens is 380 g/mol. The van der Waals surface area contributed by atoms with Crippen LogP contribution in [0.5, 0.6) is 0 Å². The van der Waals surface area contributed by atoms with Gasteiger partial charge >= 0.3 is 0 Å². The standard InChI is InChI=1S/C12H17BrN2O4S2/c1-20(16,17)9-3-4-11(10(13)7-9)21(18,19)15-8-12(14)5-2-6-12/h3-4,7,15H,2,5-6,8,14H2,1H3. The molecule has 0 aliphatic heterocycles. The van der Waals surface area contributed by atoms with Gasteiger partial charge in [-0.3, -0.25) is 0 Å². The second-order valence-corrected chi connectivity index (χ2v) is 10.0. The van der Waals surface area contributed by atoms with Crippen LogP contribution in [0.2, 0.25) is 0 Å². The molecule has 0 saturated heterocycles. The monoisotopic (exact) mass is 396 g/mol. The Kier molecular flexibility index (Phi) is 4.52. The average Bonchev–Trinajstić information content (AvgIpc) is 2.32. The SMILES string of the molecule is CS(=O)(=O)c1ccc(S(=O)(=O)NCC2(N)CCC2)c(Br)c1. The van der Waals surface area contributed by atoms with Crippen molar-refractivity contribution in [2.45, 2.75) is 34.6 Å². The number of rotatable bonds is 5. The normalized spacial score (nSPS) is 18.2. The number of sulfone groups is 1. The van der Waals surface area contributed by atoms with E-state index in [2.05, 4.69) is 20.7 Å². The molecule has 1 aromatic rings. The molecule has 1 aliphatic rings. The Labute approximate surface area is 133 Å². The van der Waals surface area contributed by atoms with Gasteiger partial charge in [-0.25, -0.2) is 21.6 Å². The first-order valence-electron chi connectivity index (χ1n) is 6.32. The first-order valence-corrected chi connectivity index (χ1v) is 10.5. The maximum absolute atomic E-state index is 12.3. The highest BCUT2D eigenvalue weighted by Crippen LogP contribution is 2.29. The molecule has 0 aromatic heterocycles. The summed E-state index contributed by atoms with van der Waals surface area (Å²) in [7, 11) is -7.12. The van der Waals surface area contributed by atoms with E-state index in [4.69, 9.17) is 5.73 Å². The molecule has 118 valence electrons. The smallest absolute Gasteiger partial charge is 0.241 e. The van der Waals surface area contributed by atoms with Gasteiger partial charge < -0.3 is 5.73 Å². The molecule has 2 rings (SSSR count). The molecule has 9 heteroatoms. The zero-order valence-corrected chi connectivity index (χ0v) is 14.7. The third-order valence-corrected chi connectivity index (χ3v) is 7.07. The average molecular weight is 397 g/mol. The van der Waals surface area contributed by atoms with Gasteiger partial charge in [0.15, 0.2) is 9.84 Å². The summed E-state index contributed by atoms with van der Waals surface area (Å²) in [5, 5.41) is 0. The Morgan fingerprint density at radius 2 is 1.90 bits per heavy atom. The molecule has 0 atom stereocenters. The zero-order chi connectivity index (χ0) is 15.9. The summed E-state index contributed by atoms with van der Waals surface area (Å²) in [6.07, 6.45) is 3.66. The lowest BCUT2D eigenvalue weighted by atomic mass is 9.78. The molecule has 1 aliphatic carbocycles. The fourth-order valence-corrected chi connectivity index (χ4v) is 5.07. The number of hydrogen-bond acceptors (Lipinski definition) is 5. The number of halogens is 1. The predicted molar refractivity (Wildman–Crippen MR) is 83.2 cm³/mol. The van der Waals surface area contributed by atoms with Crippen molar-refractivity contribution in [3.05, 3.63) is 22.7 Å². The Balaban J connectivity index is 2.24. The van der Waals surface area contributed by atoms with E-state index in [1.54, 1.807) is 0 Å². The van der Waals surface area contributed by atoms with E-state index in [0.717, 1.165) is 25.5 Å². The van der Waals surface area contributed by atoms with Crippen LogP contribution in [0.25, 0.3) is 0 Å². The molecule has 1 fully saturated rings. The van der Waals surface area contributed by atoms with Crippen molar-refractivity contribution < 1.29 is 16.8 Å². The van der Waals surface area contributed by atoms with Crippen LogP contribution in [-0.4, -0.2) is 35.2 Å². The lowest BCUT2D eigenvalue weighted by Gasteiger charge is -2.38. The summed E-state index contributed by atoms with van der Waals surface area (Å²) in [6.45, 7) is 0.176. The van der Waals surface area contributed by atoms with Gasteiger partial charge in [0.1, 0.15) is 0 Å². The fraction of sp³-hybridized carbons (Fsp3) is 0.500. The second kappa shape index (κ2) is 5.62. The van der Waals surface area contributed by atoms with Gasteiger partial charge in [0, 0.05) is 22.8 Å². The minimum Gasteiger partial charge on any atom is -0.324 e. The summed E-state index contributed by atoms with van der Waals surface area (Å²) in [6, 6.07) is 3.83. The third-order valence-electron chi connectivity index (χ3n) is 3.58. The highest BCUT2D eigenvalue weighted by Gasteiger charge is 2.34. The summed E-state index contributed by atoms with van der Waals surface area (Å²) < 4.78 is 50.1. The van der Waals surface area contributed by atoms with Gasteiger partial charge in [0.2, 0.25) is 10.0 Å². The Morgan fingerprint density at radius 3 is 2.33 bits per heavy atom. The van der Waals surface area contributed by atoms with Crippen LogP contribution in [0.1, 0.15) is 19.3 Å². The lowest BCUT2D eigenvalue weighted by Crippen LogP contribution is -2.54. The topological polar surface area (TPSA) is 106 Å². The summed E-state index contributed by atoms with van der Waals surface area (Å²) in [5.74, 6) is 0. The summed E-state index contributed by atoms with van der Waals surface area (Å²) in [4.78, 5) is 0.0560.